The number of nitrogens with one attached hydrogen (secondary N) is 1. The van der Waals surface area contributed by atoms with Crippen molar-refractivity contribution in [1.82, 2.24) is 24.6 Å². The van der Waals surface area contributed by atoms with E-state index in [1.807, 2.05) is 35.9 Å². The van der Waals surface area contributed by atoms with Crippen molar-refractivity contribution in [2.75, 3.05) is 18.4 Å². The van der Waals surface area contributed by atoms with Crippen LogP contribution in [0.5, 0.6) is 0 Å². The quantitative estimate of drug-likeness (QED) is 0.483. The molecule has 5 rings (SSSR count). The van der Waals surface area contributed by atoms with Crippen LogP contribution in [0.4, 0.5) is 18.9 Å². The number of likely N-dealkylation sites (tertiary alicyclic amines) is 1. The fourth-order valence-corrected chi connectivity index (χ4v) is 5.82. The van der Waals surface area contributed by atoms with Gasteiger partial charge >= 0.3 is 6.18 Å². The van der Waals surface area contributed by atoms with Gasteiger partial charge in [-0.1, -0.05) is 19.1 Å². The predicted octanol–water partition coefficient (Wildman–Crippen LogP) is 4.51. The highest BCUT2D eigenvalue weighted by Crippen LogP contribution is 2.48. The molecule has 3 heterocycles. The number of hydrogen-bond donors (Lipinski definition) is 2. The monoisotopic (exact) mass is 514 g/mol. The first-order valence-electron chi connectivity index (χ1n) is 12.8. The summed E-state index contributed by atoms with van der Waals surface area (Å²) in [7, 11) is 1.86. The summed E-state index contributed by atoms with van der Waals surface area (Å²) in [5.41, 5.74) is 0.995. The Morgan fingerprint density at radius 3 is 2.70 bits per heavy atom. The Hall–Kier alpha value is -2.98. The van der Waals surface area contributed by atoms with Crippen LogP contribution in [0.1, 0.15) is 60.8 Å². The molecule has 198 valence electrons. The van der Waals surface area contributed by atoms with Gasteiger partial charge in [0.2, 0.25) is 0 Å². The normalized spacial score (nSPS) is 24.6. The molecule has 0 unspecified atom stereocenters. The van der Waals surface area contributed by atoms with Gasteiger partial charge in [0.05, 0.1) is 29.3 Å². The maximum absolute atomic E-state index is 14.0. The van der Waals surface area contributed by atoms with Gasteiger partial charge in [0.1, 0.15) is 12.2 Å². The summed E-state index contributed by atoms with van der Waals surface area (Å²) in [5, 5.41) is 21.5. The van der Waals surface area contributed by atoms with Crippen molar-refractivity contribution in [2.45, 2.75) is 63.4 Å². The van der Waals surface area contributed by atoms with Gasteiger partial charge in [0.25, 0.3) is 0 Å². The van der Waals surface area contributed by atoms with Crippen molar-refractivity contribution in [3.05, 3.63) is 71.1 Å². The number of alkyl halides is 3. The summed E-state index contributed by atoms with van der Waals surface area (Å²) >= 11 is 0. The van der Waals surface area contributed by atoms with E-state index in [0.29, 0.717) is 36.6 Å². The van der Waals surface area contributed by atoms with Crippen LogP contribution >= 0.6 is 0 Å². The highest BCUT2D eigenvalue weighted by molar-refractivity contribution is 5.51. The molecule has 2 fully saturated rings. The third-order valence-corrected chi connectivity index (χ3v) is 7.66. The number of rotatable bonds is 7. The molecule has 1 aliphatic carbocycles. The molecule has 1 aliphatic heterocycles. The predicted molar refractivity (Wildman–Crippen MR) is 134 cm³/mol. The zero-order chi connectivity index (χ0) is 26.2. The third kappa shape index (κ3) is 5.36. The lowest BCUT2D eigenvalue weighted by atomic mass is 9.62. The first kappa shape index (κ1) is 25.7. The van der Waals surface area contributed by atoms with Crippen LogP contribution in [0.2, 0.25) is 0 Å². The minimum atomic E-state index is -4.49. The Morgan fingerprint density at radius 2 is 2.03 bits per heavy atom. The van der Waals surface area contributed by atoms with E-state index in [1.165, 1.54) is 6.07 Å². The first-order chi connectivity index (χ1) is 17.6. The number of aliphatic hydroxyl groups is 1. The lowest BCUT2D eigenvalue weighted by Gasteiger charge is -2.44. The van der Waals surface area contributed by atoms with Gasteiger partial charge in [0, 0.05) is 32.0 Å². The van der Waals surface area contributed by atoms with Crippen LogP contribution in [-0.2, 0) is 31.7 Å². The number of halogens is 3. The number of anilines is 1. The number of aryl methyl sites for hydroxylation is 1. The molecule has 7 nitrogen and oxygen atoms in total. The molecular formula is C27H33F3N6O. The molecule has 1 atom stereocenters. The Labute approximate surface area is 214 Å². The van der Waals surface area contributed by atoms with Gasteiger partial charge in [-0.25, -0.2) is 0 Å². The molecule has 0 spiro atoms. The second kappa shape index (κ2) is 10.1. The second-order valence-corrected chi connectivity index (χ2v) is 10.7. The van der Waals surface area contributed by atoms with Crippen LogP contribution in [0.15, 0.2) is 42.9 Å². The molecule has 1 saturated heterocycles. The van der Waals surface area contributed by atoms with E-state index in [0.717, 1.165) is 37.3 Å². The molecule has 2 aromatic heterocycles. The Bertz CT molecular complexity index is 1240. The van der Waals surface area contributed by atoms with Gasteiger partial charge in [-0.05, 0) is 67.5 Å². The van der Waals surface area contributed by atoms with E-state index in [9.17, 15) is 18.3 Å². The summed E-state index contributed by atoms with van der Waals surface area (Å²) in [4.78, 5) is 6.45. The largest absolute Gasteiger partial charge is 0.418 e. The van der Waals surface area contributed by atoms with Gasteiger partial charge in [-0.15, -0.1) is 10.2 Å². The van der Waals surface area contributed by atoms with Crippen molar-refractivity contribution in [3.8, 4) is 0 Å². The number of aromatic nitrogens is 4. The Balaban J connectivity index is 1.34. The molecule has 0 bridgehead atoms. The van der Waals surface area contributed by atoms with Crippen molar-refractivity contribution in [2.24, 2.45) is 13.0 Å². The summed E-state index contributed by atoms with van der Waals surface area (Å²) in [6.45, 7) is 4.40. The minimum absolute atomic E-state index is 0.0317. The van der Waals surface area contributed by atoms with Gasteiger partial charge in [0.15, 0.2) is 0 Å². The van der Waals surface area contributed by atoms with Crippen LogP contribution in [0.25, 0.3) is 0 Å². The zero-order valence-corrected chi connectivity index (χ0v) is 21.2. The molecule has 2 aliphatic rings. The number of hydrogen-bond acceptors (Lipinski definition) is 6. The highest BCUT2D eigenvalue weighted by Gasteiger charge is 2.49. The molecule has 1 saturated carbocycles. The van der Waals surface area contributed by atoms with Crippen molar-refractivity contribution < 1.29 is 18.3 Å². The minimum Gasteiger partial charge on any atom is -0.393 e. The fourth-order valence-electron chi connectivity index (χ4n) is 5.82. The zero-order valence-electron chi connectivity index (χ0n) is 21.2. The summed E-state index contributed by atoms with van der Waals surface area (Å²) in [6, 6.07) is 8.81. The van der Waals surface area contributed by atoms with E-state index >= 15 is 0 Å². The van der Waals surface area contributed by atoms with E-state index in [4.69, 9.17) is 0 Å². The van der Waals surface area contributed by atoms with Gasteiger partial charge < -0.3 is 15.0 Å². The summed E-state index contributed by atoms with van der Waals surface area (Å²) < 4.78 is 43.8. The second-order valence-electron chi connectivity index (χ2n) is 10.7. The van der Waals surface area contributed by atoms with Crippen LogP contribution < -0.4 is 5.32 Å². The first-order valence-corrected chi connectivity index (χ1v) is 12.8. The molecular weight excluding hydrogens is 481 g/mol. The molecule has 0 amide bonds. The van der Waals surface area contributed by atoms with Crippen molar-refractivity contribution >= 4 is 5.69 Å². The topological polar surface area (TPSA) is 79.1 Å². The van der Waals surface area contributed by atoms with E-state index in [-0.39, 0.29) is 12.2 Å². The lowest BCUT2D eigenvalue weighted by Crippen LogP contribution is -2.47. The van der Waals surface area contributed by atoms with E-state index in [1.54, 1.807) is 12.5 Å². The molecule has 0 radical (unpaired) electrons. The number of nitrogens with zero attached hydrogens (tertiary/aromatic N) is 5. The van der Waals surface area contributed by atoms with Crippen LogP contribution in [0.3, 0.4) is 0 Å². The lowest BCUT2D eigenvalue weighted by molar-refractivity contribution is -0.138. The van der Waals surface area contributed by atoms with Crippen LogP contribution in [-0.4, -0.2) is 48.9 Å². The van der Waals surface area contributed by atoms with Gasteiger partial charge in [-0.2, -0.15) is 13.2 Å². The molecule has 37 heavy (non-hydrogen) atoms. The van der Waals surface area contributed by atoms with Crippen molar-refractivity contribution in [3.63, 3.8) is 0 Å². The highest BCUT2D eigenvalue weighted by atomic mass is 19.4. The fraction of sp³-hybridized carbons (Fsp3) is 0.519. The van der Waals surface area contributed by atoms with E-state index in [2.05, 4.69) is 32.3 Å². The number of aliphatic hydroxyl groups excluding tert-OH is 1. The standard InChI is InChI=1S/C27H33F3N6O/c1-18-5-4-8-36(15-18)16-19-9-23(27(28,29)30)24(32-13-19)14-31-21-7-3-6-20(10-21)26(11-22(37)12-26)25-34-33-17-35(25)2/h3,6-7,9-10,13,17-18,22,31,37H,4-5,8,11-12,14-16H2,1-2H3/t18-,22?,26?/m0/s1. The third-order valence-electron chi connectivity index (χ3n) is 7.66. The SMILES string of the molecule is C[C@H]1CCCN(Cc2cnc(CNc3cccc(C4(c5nncn5C)CC(O)C4)c3)c(C(F)(F)F)c2)C1. The summed E-state index contributed by atoms with van der Waals surface area (Å²) in [6.07, 6.45) is 1.53. The van der Waals surface area contributed by atoms with Crippen LogP contribution in [0, 0.1) is 5.92 Å². The average molecular weight is 515 g/mol. The smallest absolute Gasteiger partial charge is 0.393 e. The number of piperidine rings is 1. The van der Waals surface area contributed by atoms with Crippen molar-refractivity contribution in [1.29, 1.82) is 0 Å². The molecule has 3 aromatic rings. The maximum Gasteiger partial charge on any atom is 0.418 e. The molecule has 10 heteroatoms. The Morgan fingerprint density at radius 1 is 1.22 bits per heavy atom. The average Bonchev–Trinajstić information content (AvgIpc) is 3.26. The maximum atomic E-state index is 14.0. The van der Waals surface area contributed by atoms with E-state index < -0.39 is 23.3 Å². The number of benzene rings is 1. The molecule has 2 N–H and O–H groups in total. The summed E-state index contributed by atoms with van der Waals surface area (Å²) in [5.74, 6) is 1.31. The number of pyridine rings is 1. The molecule has 1 aromatic carbocycles. The Kier molecular flexibility index (Phi) is 6.97. The van der Waals surface area contributed by atoms with Gasteiger partial charge in [-0.3, -0.25) is 9.88 Å².